The lowest BCUT2D eigenvalue weighted by Crippen LogP contribution is -2.29. The first-order chi connectivity index (χ1) is 7.27. The molecule has 1 atom stereocenters. The number of nitroso groups, excluding NO2 is 1. The molecule has 72 valence electrons. The molecule has 5 heteroatoms. The van der Waals surface area contributed by atoms with Gasteiger partial charge in [-0.25, -0.2) is 0 Å². The van der Waals surface area contributed by atoms with Crippen LogP contribution in [0.5, 0.6) is 0 Å². The monoisotopic (exact) mass is 200 g/mol. The van der Waals surface area contributed by atoms with Gasteiger partial charge >= 0.3 is 0 Å². The summed E-state index contributed by atoms with van der Waals surface area (Å²) in [6, 6.07) is -0.508. The van der Waals surface area contributed by atoms with E-state index in [0.29, 0.717) is 21.7 Å². The molecule has 3 rings (SSSR count). The molecule has 0 saturated heterocycles. The molecule has 0 saturated carbocycles. The summed E-state index contributed by atoms with van der Waals surface area (Å²) in [5, 5.41) is 7.22. The fourth-order valence-electron chi connectivity index (χ4n) is 1.86. The third-order valence-corrected chi connectivity index (χ3v) is 2.55. The minimum Gasteiger partial charge on any atom is -0.289 e. The van der Waals surface area contributed by atoms with Crippen molar-refractivity contribution in [1.29, 1.82) is 0 Å². The van der Waals surface area contributed by atoms with E-state index >= 15 is 0 Å². The van der Waals surface area contributed by atoms with Crippen LogP contribution in [0.3, 0.4) is 0 Å². The lowest BCUT2D eigenvalue weighted by Gasteiger charge is -2.19. The quantitative estimate of drug-likeness (QED) is 0.555. The Bertz CT molecular complexity index is 531. The first-order valence-corrected chi connectivity index (χ1v) is 4.51. The number of carbonyl (C=O) groups excluding carboxylic acids is 1. The first kappa shape index (κ1) is 8.16. The van der Waals surface area contributed by atoms with Gasteiger partial charge in [0.1, 0.15) is 0 Å². The summed E-state index contributed by atoms with van der Waals surface area (Å²) in [7, 11) is 0. The van der Waals surface area contributed by atoms with Gasteiger partial charge in [0.25, 0.3) is 0 Å². The molecule has 0 fully saturated rings. The summed E-state index contributed by atoms with van der Waals surface area (Å²) in [5.41, 5.74) is 1.80. The number of ketones is 1. The van der Waals surface area contributed by atoms with Crippen molar-refractivity contribution in [1.82, 2.24) is 0 Å². The fraction of sp³-hybridized carbons (Fsp3) is 0.100. The molecule has 1 heterocycles. The van der Waals surface area contributed by atoms with Crippen molar-refractivity contribution < 1.29 is 9.66 Å². The Balaban J connectivity index is 2.28. The largest absolute Gasteiger partial charge is 0.289 e. The highest BCUT2D eigenvalue weighted by molar-refractivity contribution is 6.10. The normalized spacial score (nSPS) is 26.9. The third-order valence-electron chi connectivity index (χ3n) is 2.55. The van der Waals surface area contributed by atoms with Crippen LogP contribution in [0.15, 0.2) is 57.6 Å². The Hall–Kier alpha value is -2.17. The maximum absolute atomic E-state index is 11.6. The lowest BCUT2D eigenvalue weighted by molar-refractivity contribution is -0.581. The Kier molecular flexibility index (Phi) is 1.45. The molecule has 0 spiro atoms. The number of allylic oxidation sites excluding steroid dienone is 4. The van der Waals surface area contributed by atoms with Crippen LogP contribution in [0.4, 0.5) is 0 Å². The number of hydrogen-bond donors (Lipinski definition) is 0. The topological polar surface area (TPSA) is 61.9 Å². The predicted octanol–water partition coefficient (Wildman–Crippen LogP) is 1.40. The highest BCUT2D eigenvalue weighted by Crippen LogP contribution is 2.33. The summed E-state index contributed by atoms with van der Waals surface area (Å²) in [6.07, 6.45) is 8.14. The van der Waals surface area contributed by atoms with E-state index in [9.17, 15) is 9.70 Å². The molecule has 1 unspecified atom stereocenters. The number of carbonyl (C=O) groups is 1. The molecule has 0 aromatic carbocycles. The Morgan fingerprint density at radius 2 is 2.20 bits per heavy atom. The average molecular weight is 200 g/mol. The van der Waals surface area contributed by atoms with Crippen LogP contribution in [0.2, 0.25) is 0 Å². The lowest BCUT2D eigenvalue weighted by atomic mass is 9.86. The summed E-state index contributed by atoms with van der Waals surface area (Å²) in [4.78, 5) is 23.4. The molecule has 0 aromatic heterocycles. The van der Waals surface area contributed by atoms with Gasteiger partial charge in [-0.05, 0) is 23.1 Å². The van der Waals surface area contributed by atoms with Crippen molar-refractivity contribution in [2.45, 2.75) is 6.04 Å². The van der Waals surface area contributed by atoms with Gasteiger partial charge in [0.15, 0.2) is 11.0 Å². The average Bonchev–Trinajstić information content (AvgIpc) is 2.27. The SMILES string of the molecule is O=C1C=CC2=C3C1=CC=CC3[N+](=O)N=N2. The fourth-order valence-corrected chi connectivity index (χ4v) is 1.86. The van der Waals surface area contributed by atoms with Crippen LogP contribution in [0, 0.1) is 4.91 Å². The van der Waals surface area contributed by atoms with Gasteiger partial charge in [-0.3, -0.25) is 4.79 Å². The van der Waals surface area contributed by atoms with E-state index in [4.69, 9.17) is 0 Å². The van der Waals surface area contributed by atoms with Gasteiger partial charge in [-0.15, -0.1) is 0 Å². The van der Waals surface area contributed by atoms with Crippen LogP contribution in [0.1, 0.15) is 0 Å². The maximum atomic E-state index is 11.6. The second-order valence-electron chi connectivity index (χ2n) is 3.40. The van der Waals surface area contributed by atoms with Gasteiger partial charge < -0.3 is 0 Å². The number of hydrogen-bond acceptors (Lipinski definition) is 3. The zero-order chi connectivity index (χ0) is 10.4. The molecule has 3 aliphatic rings. The highest BCUT2D eigenvalue weighted by Gasteiger charge is 2.39. The molecule has 1 aliphatic heterocycles. The molecular weight excluding hydrogens is 194 g/mol. The Morgan fingerprint density at radius 3 is 3.07 bits per heavy atom. The van der Waals surface area contributed by atoms with Crippen molar-refractivity contribution in [2.75, 3.05) is 0 Å². The standard InChI is InChI=1S/C10H6N3O2/c14-9-5-4-7-10-6(9)2-1-3-8(10)13(15)12-11-7/h1-5,8H/q+1. The zero-order valence-electron chi connectivity index (χ0n) is 7.62. The molecule has 0 radical (unpaired) electrons. The number of nitrogens with zero attached hydrogens (tertiary/aromatic N) is 3. The molecule has 0 aromatic rings. The van der Waals surface area contributed by atoms with Crippen molar-refractivity contribution in [3.8, 4) is 0 Å². The van der Waals surface area contributed by atoms with E-state index in [0.717, 1.165) is 0 Å². The molecule has 15 heavy (non-hydrogen) atoms. The number of rotatable bonds is 0. The second-order valence-corrected chi connectivity index (χ2v) is 3.40. The van der Waals surface area contributed by atoms with Crippen molar-refractivity contribution >= 4 is 5.78 Å². The van der Waals surface area contributed by atoms with Crippen molar-refractivity contribution in [3.05, 3.63) is 52.1 Å². The third kappa shape index (κ3) is 0.999. The van der Waals surface area contributed by atoms with Crippen LogP contribution >= 0.6 is 0 Å². The van der Waals surface area contributed by atoms with E-state index in [2.05, 4.69) is 10.3 Å². The second kappa shape index (κ2) is 2.66. The molecular formula is C10H6N3O2+. The summed E-state index contributed by atoms with van der Waals surface area (Å²) >= 11 is 0. The van der Waals surface area contributed by atoms with E-state index in [1.54, 1.807) is 24.3 Å². The van der Waals surface area contributed by atoms with E-state index in [1.165, 1.54) is 6.08 Å². The van der Waals surface area contributed by atoms with Crippen molar-refractivity contribution in [3.63, 3.8) is 0 Å². The summed E-state index contributed by atoms with van der Waals surface area (Å²) < 4.78 is 0. The molecule has 5 nitrogen and oxygen atoms in total. The molecule has 0 bridgehead atoms. The van der Waals surface area contributed by atoms with E-state index in [1.807, 2.05) is 0 Å². The predicted molar refractivity (Wildman–Crippen MR) is 50.7 cm³/mol. The van der Waals surface area contributed by atoms with Crippen LogP contribution in [-0.2, 0) is 4.79 Å². The highest BCUT2D eigenvalue weighted by atomic mass is 16.3. The smallest absolute Gasteiger partial charge is 0.217 e. The van der Waals surface area contributed by atoms with Gasteiger partial charge in [0.2, 0.25) is 11.7 Å². The summed E-state index contributed by atoms with van der Waals surface area (Å²) in [6.45, 7) is 0. The van der Waals surface area contributed by atoms with Crippen LogP contribution in [0.25, 0.3) is 0 Å². The first-order valence-electron chi connectivity index (χ1n) is 4.51. The van der Waals surface area contributed by atoms with Gasteiger partial charge in [0.05, 0.1) is 15.6 Å². The van der Waals surface area contributed by atoms with Gasteiger partial charge in [-0.2, -0.15) is 0 Å². The van der Waals surface area contributed by atoms with Gasteiger partial charge in [0, 0.05) is 5.57 Å². The van der Waals surface area contributed by atoms with Crippen LogP contribution < -0.4 is 0 Å². The molecule has 2 aliphatic carbocycles. The van der Waals surface area contributed by atoms with E-state index < -0.39 is 6.04 Å². The summed E-state index contributed by atoms with van der Waals surface area (Å²) in [5.74, 6) is -0.0893. The minimum atomic E-state index is -0.508. The van der Waals surface area contributed by atoms with Crippen LogP contribution in [-0.4, -0.2) is 16.7 Å². The zero-order valence-corrected chi connectivity index (χ0v) is 7.62. The molecule has 0 N–H and O–H groups in total. The maximum Gasteiger partial charge on any atom is 0.217 e. The minimum absolute atomic E-state index is 0.0893. The van der Waals surface area contributed by atoms with Gasteiger partial charge in [-0.1, -0.05) is 12.2 Å². The molecule has 0 amide bonds. The Labute approximate surface area is 84.7 Å². The van der Waals surface area contributed by atoms with E-state index in [-0.39, 0.29) is 5.78 Å². The van der Waals surface area contributed by atoms with Crippen molar-refractivity contribution in [2.24, 2.45) is 10.3 Å². The Morgan fingerprint density at radius 1 is 1.33 bits per heavy atom.